The summed E-state index contributed by atoms with van der Waals surface area (Å²) in [6, 6.07) is 0.286. The van der Waals surface area contributed by atoms with Crippen LogP contribution < -0.4 is 5.32 Å². The van der Waals surface area contributed by atoms with E-state index in [-0.39, 0.29) is 11.9 Å². The van der Waals surface area contributed by atoms with E-state index in [1.807, 2.05) is 31.2 Å². The van der Waals surface area contributed by atoms with Crippen molar-refractivity contribution in [3.8, 4) is 0 Å². The molecule has 2 heterocycles. The summed E-state index contributed by atoms with van der Waals surface area (Å²) >= 11 is 0. The average Bonchev–Trinajstić information content (AvgIpc) is 3.16. The number of hydrogen-bond acceptors (Lipinski definition) is 4. The minimum atomic E-state index is 0.0463. The van der Waals surface area contributed by atoms with Gasteiger partial charge in [0.2, 0.25) is 5.91 Å². The Balaban J connectivity index is 1.50. The van der Waals surface area contributed by atoms with Crippen LogP contribution in [-0.4, -0.2) is 60.3 Å². The van der Waals surface area contributed by atoms with Crippen molar-refractivity contribution in [3.63, 3.8) is 0 Å². The molecule has 1 amide bonds. The van der Waals surface area contributed by atoms with Gasteiger partial charge in [0.05, 0.1) is 12.6 Å². The first-order valence-corrected chi connectivity index (χ1v) is 11.4. The Morgan fingerprint density at radius 2 is 1.97 bits per heavy atom. The molecule has 0 aromatic carbocycles. The van der Waals surface area contributed by atoms with E-state index in [1.54, 1.807) is 0 Å². The Hall–Kier alpha value is -2.66. The van der Waals surface area contributed by atoms with E-state index < -0.39 is 0 Å². The zero-order chi connectivity index (χ0) is 22.2. The van der Waals surface area contributed by atoms with E-state index in [1.165, 1.54) is 16.8 Å². The number of amides is 1. The Labute approximate surface area is 187 Å². The number of nitrogens with one attached hydrogen (secondary N) is 1. The van der Waals surface area contributed by atoms with Crippen LogP contribution in [0.2, 0.25) is 0 Å². The smallest absolute Gasteiger partial charge is 0.239 e. The number of fused-ring (bicyclic) bond motifs is 1. The highest BCUT2D eigenvalue weighted by Gasteiger charge is 2.36. The quantitative estimate of drug-likeness (QED) is 0.661. The van der Waals surface area contributed by atoms with Crippen LogP contribution in [0.5, 0.6) is 0 Å². The van der Waals surface area contributed by atoms with Crippen molar-refractivity contribution in [1.82, 2.24) is 15.1 Å². The first kappa shape index (κ1) is 23.0. The molecule has 166 valence electrons. The molecule has 0 bridgehead atoms. The van der Waals surface area contributed by atoms with Gasteiger partial charge in [0, 0.05) is 44.2 Å². The lowest BCUT2D eigenvalue weighted by Crippen LogP contribution is -2.49. The first-order valence-electron chi connectivity index (χ1n) is 11.4. The Bertz CT molecular complexity index is 837. The second kappa shape index (κ2) is 11.1. The molecule has 2 atom stereocenters. The second-order valence-corrected chi connectivity index (χ2v) is 8.30. The van der Waals surface area contributed by atoms with Crippen molar-refractivity contribution in [2.75, 3.05) is 32.7 Å². The zero-order valence-electron chi connectivity index (χ0n) is 19.0. The molecule has 3 rings (SSSR count). The third-order valence-electron chi connectivity index (χ3n) is 6.32. The van der Waals surface area contributed by atoms with Crippen molar-refractivity contribution >= 4 is 11.7 Å². The van der Waals surface area contributed by atoms with E-state index in [9.17, 15) is 4.79 Å². The van der Waals surface area contributed by atoms with Gasteiger partial charge in [-0.3, -0.25) is 14.7 Å². The molecule has 1 saturated heterocycles. The van der Waals surface area contributed by atoms with Crippen LogP contribution in [0.15, 0.2) is 77.5 Å². The number of carbonyl (C=O) groups is 1. The van der Waals surface area contributed by atoms with E-state index >= 15 is 0 Å². The molecule has 2 aliphatic heterocycles. The molecule has 1 N–H and O–H groups in total. The van der Waals surface area contributed by atoms with Gasteiger partial charge in [-0.25, -0.2) is 0 Å². The van der Waals surface area contributed by atoms with E-state index in [4.69, 9.17) is 4.99 Å². The van der Waals surface area contributed by atoms with Crippen molar-refractivity contribution in [2.45, 2.75) is 39.2 Å². The largest absolute Gasteiger partial charge is 0.369 e. The molecule has 1 saturated carbocycles. The molecule has 31 heavy (non-hydrogen) atoms. The number of amidine groups is 1. The Morgan fingerprint density at radius 3 is 2.61 bits per heavy atom. The lowest BCUT2D eigenvalue weighted by Gasteiger charge is -2.36. The summed E-state index contributed by atoms with van der Waals surface area (Å²) in [5.41, 5.74) is 3.90. The van der Waals surface area contributed by atoms with Crippen LogP contribution in [-0.2, 0) is 4.79 Å². The third kappa shape index (κ3) is 5.73. The van der Waals surface area contributed by atoms with Gasteiger partial charge in [0.1, 0.15) is 5.84 Å². The summed E-state index contributed by atoms with van der Waals surface area (Å²) in [6.45, 7) is 15.7. The molecule has 0 spiro atoms. The molecule has 1 aliphatic carbocycles. The fraction of sp³-hybridized carbons (Fsp3) is 0.462. The molecule has 3 aliphatic rings. The summed E-state index contributed by atoms with van der Waals surface area (Å²) in [4.78, 5) is 22.1. The summed E-state index contributed by atoms with van der Waals surface area (Å²) in [7, 11) is 0. The molecule has 2 fully saturated rings. The number of piperazine rings is 1. The predicted octanol–water partition coefficient (Wildman–Crippen LogP) is 4.01. The highest BCUT2D eigenvalue weighted by atomic mass is 16.2. The molecule has 2 unspecified atom stereocenters. The van der Waals surface area contributed by atoms with Crippen molar-refractivity contribution in [2.24, 2.45) is 10.9 Å². The molecule has 5 nitrogen and oxygen atoms in total. The monoisotopic (exact) mass is 420 g/mol. The number of aliphatic imine (C=N–C) groups is 1. The van der Waals surface area contributed by atoms with Crippen LogP contribution >= 0.6 is 0 Å². The topological polar surface area (TPSA) is 47.9 Å². The highest BCUT2D eigenvalue weighted by Crippen LogP contribution is 2.41. The molecule has 0 radical (unpaired) electrons. The van der Waals surface area contributed by atoms with Gasteiger partial charge in [-0.1, -0.05) is 43.5 Å². The lowest BCUT2D eigenvalue weighted by molar-refractivity contribution is -0.121. The SMILES string of the molecule is C=C/C=C1/CCC2N=C(NC(=O)CN3CCN(C(/C=C\C)=C/C=C)CC3)CC2/C1=C/C. The summed E-state index contributed by atoms with van der Waals surface area (Å²) in [5.74, 6) is 1.28. The van der Waals surface area contributed by atoms with Crippen molar-refractivity contribution < 1.29 is 4.79 Å². The normalized spacial score (nSPS) is 27.5. The highest BCUT2D eigenvalue weighted by molar-refractivity contribution is 6.00. The van der Waals surface area contributed by atoms with Gasteiger partial charge >= 0.3 is 0 Å². The standard InChI is InChI=1S/C26H36N4O/c1-5-9-20-12-13-24-23(22(20)8-4)18-25(27-24)28-26(31)19-29-14-16-30(17-15-29)21(10-6-2)11-7-3/h5-11,23-24H,1-2,12-19H2,3-4H3,(H,27,28,31)/b11-7-,20-9-,21-10+,22-8+. The van der Waals surface area contributed by atoms with Gasteiger partial charge in [-0.15, -0.1) is 0 Å². The Kier molecular flexibility index (Phi) is 8.24. The maximum absolute atomic E-state index is 12.7. The van der Waals surface area contributed by atoms with E-state index in [0.29, 0.717) is 12.5 Å². The Morgan fingerprint density at radius 1 is 1.19 bits per heavy atom. The fourth-order valence-electron chi connectivity index (χ4n) is 4.89. The van der Waals surface area contributed by atoms with Crippen LogP contribution in [0.1, 0.15) is 33.1 Å². The minimum Gasteiger partial charge on any atom is -0.369 e. The van der Waals surface area contributed by atoms with Crippen LogP contribution in [0, 0.1) is 5.92 Å². The van der Waals surface area contributed by atoms with Gasteiger partial charge in [-0.2, -0.15) is 0 Å². The second-order valence-electron chi connectivity index (χ2n) is 8.30. The summed E-state index contributed by atoms with van der Waals surface area (Å²) in [5, 5.41) is 3.10. The molecular formula is C26H36N4O. The van der Waals surface area contributed by atoms with Crippen LogP contribution in [0.3, 0.4) is 0 Å². The predicted molar refractivity (Wildman–Crippen MR) is 130 cm³/mol. The maximum atomic E-state index is 12.7. The van der Waals surface area contributed by atoms with Crippen molar-refractivity contribution in [1.29, 1.82) is 0 Å². The van der Waals surface area contributed by atoms with E-state index in [0.717, 1.165) is 51.3 Å². The average molecular weight is 421 g/mol. The molecule has 0 aromatic heterocycles. The molecule has 5 heteroatoms. The number of allylic oxidation sites excluding steroid dienone is 8. The van der Waals surface area contributed by atoms with Gasteiger partial charge < -0.3 is 10.2 Å². The minimum absolute atomic E-state index is 0.0463. The maximum Gasteiger partial charge on any atom is 0.239 e. The first-order chi connectivity index (χ1) is 15.1. The van der Waals surface area contributed by atoms with Gasteiger partial charge in [0.15, 0.2) is 0 Å². The van der Waals surface area contributed by atoms with Crippen LogP contribution in [0.25, 0.3) is 0 Å². The zero-order valence-corrected chi connectivity index (χ0v) is 19.0. The summed E-state index contributed by atoms with van der Waals surface area (Å²) in [6.07, 6.45) is 17.1. The summed E-state index contributed by atoms with van der Waals surface area (Å²) < 4.78 is 0. The van der Waals surface area contributed by atoms with Crippen molar-refractivity contribution in [3.05, 3.63) is 72.5 Å². The number of hydrogen-bond donors (Lipinski definition) is 1. The lowest BCUT2D eigenvalue weighted by atomic mass is 9.77. The number of nitrogens with zero attached hydrogens (tertiary/aromatic N) is 3. The number of rotatable bonds is 6. The van der Waals surface area contributed by atoms with E-state index in [2.05, 4.69) is 53.4 Å². The van der Waals surface area contributed by atoms with Gasteiger partial charge in [0.25, 0.3) is 0 Å². The fourth-order valence-corrected chi connectivity index (χ4v) is 4.89. The molecule has 0 aromatic rings. The number of carbonyl (C=O) groups excluding carboxylic acids is 1. The molecular weight excluding hydrogens is 384 g/mol. The third-order valence-corrected chi connectivity index (χ3v) is 6.32. The van der Waals surface area contributed by atoms with Gasteiger partial charge in [-0.05, 0) is 50.0 Å². The van der Waals surface area contributed by atoms with Crippen LogP contribution in [0.4, 0.5) is 0 Å².